The number of hydrogen-bond donors (Lipinski definition) is 3. The van der Waals surface area contributed by atoms with Crippen LogP contribution in [0.4, 0.5) is 22.1 Å². The third-order valence-corrected chi connectivity index (χ3v) is 7.03. The summed E-state index contributed by atoms with van der Waals surface area (Å²) in [5.41, 5.74) is 2.67. The quantitative estimate of drug-likeness (QED) is 0.453. The molecular formula is C28H35N7O4. The molecular weight excluding hydrogens is 498 g/mol. The van der Waals surface area contributed by atoms with Crippen molar-refractivity contribution >= 4 is 35.5 Å². The molecule has 0 aromatic carbocycles. The molecule has 0 radical (unpaired) electrons. The second kappa shape index (κ2) is 13.2. The van der Waals surface area contributed by atoms with Crippen LogP contribution in [0.25, 0.3) is 0 Å². The van der Waals surface area contributed by atoms with Gasteiger partial charge in [-0.15, -0.1) is 0 Å². The number of amides is 3. The van der Waals surface area contributed by atoms with E-state index in [9.17, 15) is 19.6 Å². The molecule has 3 aliphatic rings. The smallest absolute Gasteiger partial charge is 0.328 e. The van der Waals surface area contributed by atoms with Gasteiger partial charge in [-0.3, -0.25) is 19.8 Å². The summed E-state index contributed by atoms with van der Waals surface area (Å²) in [5, 5.41) is 18.4. The Balaban J connectivity index is 0.00000172. The van der Waals surface area contributed by atoms with Crippen molar-refractivity contribution in [3.05, 3.63) is 40.7 Å². The SMILES string of the molecule is CC.N#Cc1cnc(NC(=O)N2CCCc3cc(CNC(=O)C4CCCO4)c(C=O)nc32)cc1NC1CCC1. The van der Waals surface area contributed by atoms with Crippen LogP contribution in [0, 0.1) is 11.3 Å². The van der Waals surface area contributed by atoms with Gasteiger partial charge in [0.15, 0.2) is 6.29 Å². The maximum Gasteiger partial charge on any atom is 0.328 e. The molecule has 2 aliphatic heterocycles. The second-order valence-corrected chi connectivity index (χ2v) is 9.54. The summed E-state index contributed by atoms with van der Waals surface area (Å²) in [4.78, 5) is 47.6. The van der Waals surface area contributed by atoms with E-state index >= 15 is 0 Å². The molecule has 1 unspecified atom stereocenters. The standard InChI is InChI=1S/C26H29N7O4.C2H6/c27-12-18-14-28-23(11-20(18)30-19-5-1-6-19)32-26(36)33-8-2-4-16-10-17(21(15-34)31-24(16)33)13-29-25(35)22-7-3-9-37-22;1-2/h10-11,14-15,19,22H,1-9,13H2,(H,29,35)(H2,28,30,32,36);1-2H3. The lowest BCUT2D eigenvalue weighted by Crippen LogP contribution is -2.40. The molecule has 4 heterocycles. The molecule has 2 aromatic heterocycles. The number of carbonyl (C=O) groups excluding carboxylic acids is 3. The molecule has 1 atom stereocenters. The van der Waals surface area contributed by atoms with Crippen molar-refractivity contribution in [1.82, 2.24) is 15.3 Å². The summed E-state index contributed by atoms with van der Waals surface area (Å²) in [7, 11) is 0. The largest absolute Gasteiger partial charge is 0.381 e. The highest BCUT2D eigenvalue weighted by atomic mass is 16.5. The van der Waals surface area contributed by atoms with Crippen LogP contribution in [-0.4, -0.2) is 53.5 Å². The van der Waals surface area contributed by atoms with Crippen LogP contribution < -0.4 is 20.9 Å². The number of aldehydes is 1. The Kier molecular flexibility index (Phi) is 9.44. The van der Waals surface area contributed by atoms with Crippen LogP contribution >= 0.6 is 0 Å². The lowest BCUT2D eigenvalue weighted by Gasteiger charge is -2.29. The fourth-order valence-corrected chi connectivity index (χ4v) is 4.76. The number of anilines is 3. The first-order chi connectivity index (χ1) is 19.1. The van der Waals surface area contributed by atoms with E-state index in [-0.39, 0.29) is 18.1 Å². The minimum absolute atomic E-state index is 0.158. The van der Waals surface area contributed by atoms with Crippen LogP contribution in [0.15, 0.2) is 18.3 Å². The number of pyridine rings is 2. The van der Waals surface area contributed by atoms with Crippen molar-refractivity contribution in [1.29, 1.82) is 5.26 Å². The van der Waals surface area contributed by atoms with Gasteiger partial charge in [-0.1, -0.05) is 13.8 Å². The van der Waals surface area contributed by atoms with E-state index in [0.29, 0.717) is 66.8 Å². The van der Waals surface area contributed by atoms with Gasteiger partial charge in [0.1, 0.15) is 29.5 Å². The van der Waals surface area contributed by atoms with E-state index < -0.39 is 12.1 Å². The van der Waals surface area contributed by atoms with Gasteiger partial charge in [0.25, 0.3) is 0 Å². The van der Waals surface area contributed by atoms with E-state index in [2.05, 4.69) is 32.0 Å². The predicted molar refractivity (Wildman–Crippen MR) is 147 cm³/mol. The number of aryl methyl sites for hydroxylation is 1. The zero-order chi connectivity index (χ0) is 27.8. The third-order valence-electron chi connectivity index (χ3n) is 7.03. The van der Waals surface area contributed by atoms with Crippen LogP contribution in [0.5, 0.6) is 0 Å². The number of fused-ring (bicyclic) bond motifs is 1. The van der Waals surface area contributed by atoms with Crippen molar-refractivity contribution < 1.29 is 19.1 Å². The maximum absolute atomic E-state index is 13.2. The Morgan fingerprint density at radius 3 is 2.69 bits per heavy atom. The number of nitrogens with one attached hydrogen (secondary N) is 3. The zero-order valence-electron chi connectivity index (χ0n) is 22.5. The first kappa shape index (κ1) is 28.0. The van der Waals surface area contributed by atoms with E-state index in [4.69, 9.17) is 4.74 Å². The number of nitrogens with zero attached hydrogens (tertiary/aromatic N) is 4. The Hall–Kier alpha value is -4.04. The molecule has 5 rings (SSSR count). The summed E-state index contributed by atoms with van der Waals surface area (Å²) in [6.07, 6.45) is 7.83. The number of ether oxygens (including phenoxy) is 1. The summed E-state index contributed by atoms with van der Waals surface area (Å²) in [6.45, 7) is 5.17. The summed E-state index contributed by atoms with van der Waals surface area (Å²) >= 11 is 0. The number of rotatable bonds is 7. The van der Waals surface area contributed by atoms with Crippen molar-refractivity contribution in [2.75, 3.05) is 28.7 Å². The maximum atomic E-state index is 13.2. The van der Waals surface area contributed by atoms with Crippen molar-refractivity contribution in [3.63, 3.8) is 0 Å². The van der Waals surface area contributed by atoms with Gasteiger partial charge in [-0.05, 0) is 56.6 Å². The van der Waals surface area contributed by atoms with Gasteiger partial charge in [0.05, 0.1) is 11.3 Å². The summed E-state index contributed by atoms with van der Waals surface area (Å²) < 4.78 is 5.41. The molecule has 0 bridgehead atoms. The summed E-state index contributed by atoms with van der Waals surface area (Å²) in [6, 6.07) is 5.54. The number of aromatic nitrogens is 2. The molecule has 39 heavy (non-hydrogen) atoms. The van der Waals surface area contributed by atoms with Crippen LogP contribution in [0.1, 0.15) is 79.6 Å². The monoisotopic (exact) mass is 533 g/mol. The molecule has 3 N–H and O–H groups in total. The first-order valence-corrected chi connectivity index (χ1v) is 13.7. The molecule has 0 spiro atoms. The molecule has 3 amide bonds. The van der Waals surface area contributed by atoms with Crippen LogP contribution in [-0.2, 0) is 22.5 Å². The predicted octanol–water partition coefficient (Wildman–Crippen LogP) is 3.93. The van der Waals surface area contributed by atoms with E-state index in [0.717, 1.165) is 37.7 Å². The molecule has 1 aliphatic carbocycles. The van der Waals surface area contributed by atoms with E-state index in [1.54, 1.807) is 6.07 Å². The van der Waals surface area contributed by atoms with E-state index in [1.165, 1.54) is 11.1 Å². The van der Waals surface area contributed by atoms with Gasteiger partial charge >= 0.3 is 6.03 Å². The molecule has 1 saturated heterocycles. The Morgan fingerprint density at radius 2 is 2.03 bits per heavy atom. The van der Waals surface area contributed by atoms with Crippen LogP contribution in [0.3, 0.4) is 0 Å². The van der Waals surface area contributed by atoms with Gasteiger partial charge in [-0.2, -0.15) is 5.26 Å². The minimum atomic E-state index is -0.454. The Bertz CT molecular complexity index is 1250. The molecule has 2 fully saturated rings. The fourth-order valence-electron chi connectivity index (χ4n) is 4.76. The van der Waals surface area contributed by atoms with Gasteiger partial charge < -0.3 is 15.4 Å². The molecule has 11 heteroatoms. The van der Waals surface area contributed by atoms with Crippen molar-refractivity contribution in [2.24, 2.45) is 0 Å². The number of urea groups is 1. The average molecular weight is 534 g/mol. The zero-order valence-corrected chi connectivity index (χ0v) is 22.5. The van der Waals surface area contributed by atoms with Crippen molar-refractivity contribution in [3.8, 4) is 6.07 Å². The molecule has 2 aromatic rings. The number of hydrogen-bond acceptors (Lipinski definition) is 8. The first-order valence-electron chi connectivity index (χ1n) is 13.7. The molecule has 11 nitrogen and oxygen atoms in total. The van der Waals surface area contributed by atoms with Gasteiger partial charge in [0.2, 0.25) is 5.91 Å². The number of carbonyl (C=O) groups is 3. The van der Waals surface area contributed by atoms with Gasteiger partial charge in [0, 0.05) is 43.6 Å². The molecule has 206 valence electrons. The summed E-state index contributed by atoms with van der Waals surface area (Å²) in [5.74, 6) is 0.540. The highest BCUT2D eigenvalue weighted by molar-refractivity contribution is 6.02. The highest BCUT2D eigenvalue weighted by Crippen LogP contribution is 2.29. The highest BCUT2D eigenvalue weighted by Gasteiger charge is 2.28. The normalized spacial score (nSPS) is 18.0. The Labute approximate surface area is 228 Å². The van der Waals surface area contributed by atoms with Gasteiger partial charge in [-0.25, -0.2) is 14.8 Å². The topological polar surface area (TPSA) is 149 Å². The van der Waals surface area contributed by atoms with Crippen LogP contribution in [0.2, 0.25) is 0 Å². The third kappa shape index (κ3) is 6.52. The number of nitriles is 1. The fraction of sp³-hybridized carbons (Fsp3) is 0.500. The second-order valence-electron chi connectivity index (χ2n) is 9.54. The lowest BCUT2D eigenvalue weighted by atomic mass is 9.93. The van der Waals surface area contributed by atoms with E-state index in [1.807, 2.05) is 19.9 Å². The lowest BCUT2D eigenvalue weighted by molar-refractivity contribution is -0.130. The van der Waals surface area contributed by atoms with Crippen molar-refractivity contribution in [2.45, 2.75) is 77.5 Å². The molecule has 1 saturated carbocycles. The Morgan fingerprint density at radius 1 is 1.21 bits per heavy atom. The minimum Gasteiger partial charge on any atom is -0.381 e. The average Bonchev–Trinajstić information content (AvgIpc) is 3.49.